The molecule has 0 fully saturated rings. The summed E-state index contributed by atoms with van der Waals surface area (Å²) in [6, 6.07) is 12.7. The summed E-state index contributed by atoms with van der Waals surface area (Å²) in [6.45, 7) is 32.3. The molecule has 0 bridgehead atoms. The third kappa shape index (κ3) is 7.08. The van der Waals surface area contributed by atoms with Crippen LogP contribution in [0.15, 0.2) is 36.4 Å². The van der Waals surface area contributed by atoms with Crippen molar-refractivity contribution in [1.29, 1.82) is 0 Å². The molecule has 0 spiro atoms. The fraction of sp³-hybridized carbons (Fsp3) is 0.550. The zero-order valence-electron chi connectivity index (χ0n) is 29.7. The number of phenols is 3. The number of hydrogen-bond donors (Lipinski definition) is 3. The molecule has 0 aromatic heterocycles. The fourth-order valence-electron chi connectivity index (χ4n) is 6.57. The lowest BCUT2D eigenvalue weighted by molar-refractivity contribution is 0.422. The van der Waals surface area contributed by atoms with Crippen LogP contribution in [-0.2, 0) is 33.5 Å². The quantitative estimate of drug-likeness (QED) is 0.279. The van der Waals surface area contributed by atoms with Gasteiger partial charge in [0.25, 0.3) is 0 Å². The molecule has 0 unspecified atom stereocenters. The van der Waals surface area contributed by atoms with Crippen molar-refractivity contribution in [3.8, 4) is 17.2 Å². The first kappa shape index (κ1) is 34.5. The number of aromatic hydroxyl groups is 3. The summed E-state index contributed by atoms with van der Waals surface area (Å²) in [6.07, 6.45) is 1.62. The molecule has 0 amide bonds. The van der Waals surface area contributed by atoms with Crippen LogP contribution >= 0.6 is 0 Å². The van der Waals surface area contributed by atoms with Gasteiger partial charge >= 0.3 is 0 Å². The van der Waals surface area contributed by atoms with E-state index in [1.165, 1.54) is 16.7 Å². The van der Waals surface area contributed by atoms with E-state index in [9.17, 15) is 15.3 Å². The van der Waals surface area contributed by atoms with Crippen molar-refractivity contribution in [3.05, 3.63) is 86.5 Å². The molecule has 0 aliphatic heterocycles. The summed E-state index contributed by atoms with van der Waals surface area (Å²) in [5.74, 6) is 1.06. The molecule has 0 radical (unpaired) electrons. The Labute approximate surface area is 262 Å². The van der Waals surface area contributed by atoms with E-state index in [1.807, 2.05) is 12.1 Å². The minimum Gasteiger partial charge on any atom is -0.508 e. The van der Waals surface area contributed by atoms with Crippen LogP contribution in [0.4, 0.5) is 0 Å². The Morgan fingerprint density at radius 3 is 1.07 bits per heavy atom. The summed E-state index contributed by atoms with van der Waals surface area (Å²) in [5, 5.41) is 33.4. The van der Waals surface area contributed by atoms with E-state index in [1.54, 1.807) is 0 Å². The molecule has 0 saturated carbocycles. The van der Waals surface area contributed by atoms with Gasteiger partial charge < -0.3 is 15.3 Å². The van der Waals surface area contributed by atoms with Crippen LogP contribution in [0.1, 0.15) is 147 Å². The predicted molar refractivity (Wildman–Crippen MR) is 183 cm³/mol. The Kier molecular flexibility index (Phi) is 9.00. The Hall–Kier alpha value is -2.94. The van der Waals surface area contributed by atoms with Gasteiger partial charge in [-0.3, -0.25) is 0 Å². The highest BCUT2D eigenvalue weighted by molar-refractivity contribution is 5.56. The average molecular weight is 587 g/mol. The third-order valence-electron chi connectivity index (χ3n) is 9.19. The van der Waals surface area contributed by atoms with Crippen molar-refractivity contribution in [2.75, 3.05) is 0 Å². The maximum absolute atomic E-state index is 11.4. The largest absolute Gasteiger partial charge is 0.508 e. The Morgan fingerprint density at radius 2 is 0.767 bits per heavy atom. The van der Waals surface area contributed by atoms with Crippen LogP contribution in [0.5, 0.6) is 17.2 Å². The first-order chi connectivity index (χ1) is 19.3. The molecule has 3 aromatic rings. The molecule has 236 valence electrons. The third-order valence-corrected chi connectivity index (χ3v) is 9.19. The van der Waals surface area contributed by atoms with E-state index in [0.29, 0.717) is 17.2 Å². The lowest BCUT2D eigenvalue weighted by Crippen LogP contribution is -2.29. The van der Waals surface area contributed by atoms with Crippen LogP contribution in [0.3, 0.4) is 0 Å². The van der Waals surface area contributed by atoms with Crippen LogP contribution in [0.2, 0.25) is 0 Å². The highest BCUT2D eigenvalue weighted by Crippen LogP contribution is 2.47. The SMILES string of the molecule is Cc1cc(O)c(C(C)(C)C)cc1C(C)(CCc1cc(C(C)(C)C)c(O)c(C(C)(C)C)c1)c1cc(C(C)(C)C)c(O)cc1C. The number of rotatable bonds is 5. The molecule has 3 heteroatoms. The minimum atomic E-state index is -0.419. The molecule has 3 aromatic carbocycles. The van der Waals surface area contributed by atoms with Gasteiger partial charge in [0.1, 0.15) is 17.2 Å². The van der Waals surface area contributed by atoms with E-state index in [4.69, 9.17) is 0 Å². The van der Waals surface area contributed by atoms with E-state index in [-0.39, 0.29) is 21.7 Å². The van der Waals surface area contributed by atoms with Gasteiger partial charge in [0.2, 0.25) is 0 Å². The van der Waals surface area contributed by atoms with Gasteiger partial charge in [-0.2, -0.15) is 0 Å². The normalized spacial score (nSPS) is 13.5. The molecule has 0 atom stereocenters. The molecule has 0 saturated heterocycles. The van der Waals surface area contributed by atoms with Crippen LogP contribution in [-0.4, -0.2) is 15.3 Å². The van der Waals surface area contributed by atoms with Crippen molar-refractivity contribution >= 4 is 0 Å². The van der Waals surface area contributed by atoms with Crippen LogP contribution in [0.25, 0.3) is 0 Å². The molecule has 0 aliphatic rings. The maximum Gasteiger partial charge on any atom is 0.123 e. The van der Waals surface area contributed by atoms with Crippen molar-refractivity contribution in [1.82, 2.24) is 0 Å². The Bertz CT molecular complexity index is 1390. The Morgan fingerprint density at radius 1 is 0.442 bits per heavy atom. The van der Waals surface area contributed by atoms with Gasteiger partial charge in [0.05, 0.1) is 0 Å². The van der Waals surface area contributed by atoms with Crippen LogP contribution < -0.4 is 0 Å². The molecule has 3 N–H and O–H groups in total. The first-order valence-corrected chi connectivity index (χ1v) is 15.8. The van der Waals surface area contributed by atoms with Gasteiger partial charge in [-0.1, -0.05) is 114 Å². The highest BCUT2D eigenvalue weighted by atomic mass is 16.3. The zero-order chi connectivity index (χ0) is 33.1. The average Bonchev–Trinajstić information content (AvgIpc) is 2.80. The van der Waals surface area contributed by atoms with E-state index in [2.05, 4.69) is 128 Å². The first-order valence-electron chi connectivity index (χ1n) is 15.8. The summed E-state index contributed by atoms with van der Waals surface area (Å²) < 4.78 is 0. The molecule has 3 nitrogen and oxygen atoms in total. The summed E-state index contributed by atoms with van der Waals surface area (Å²) in [4.78, 5) is 0. The second-order valence-electron chi connectivity index (χ2n) is 17.2. The standard InChI is InChI=1S/C40H58O3/c1-24-18-33(41)29(36(3,4)5)22-27(24)40(15,28-23-30(37(6,7)8)34(42)19-25(28)2)17-16-26-20-31(38(9,10)11)35(43)32(21-26)39(12,13)14/h18-23,41-43H,16-17H2,1-15H3. The molecule has 43 heavy (non-hydrogen) atoms. The topological polar surface area (TPSA) is 60.7 Å². The number of hydrogen-bond acceptors (Lipinski definition) is 3. The number of phenolic OH excluding ortho intramolecular Hbond substituents is 3. The van der Waals surface area contributed by atoms with Gasteiger partial charge in [0, 0.05) is 5.41 Å². The van der Waals surface area contributed by atoms with Gasteiger partial charge in [0.15, 0.2) is 0 Å². The van der Waals surface area contributed by atoms with E-state index >= 15 is 0 Å². The van der Waals surface area contributed by atoms with E-state index in [0.717, 1.165) is 46.2 Å². The molecule has 3 rings (SSSR count). The summed E-state index contributed by atoms with van der Waals surface area (Å²) in [7, 11) is 0. The lowest BCUT2D eigenvalue weighted by atomic mass is 9.67. The van der Waals surface area contributed by atoms with Gasteiger partial charge in [-0.15, -0.1) is 0 Å². The second kappa shape index (κ2) is 11.2. The van der Waals surface area contributed by atoms with Crippen molar-refractivity contribution in [2.24, 2.45) is 0 Å². The van der Waals surface area contributed by atoms with Gasteiger partial charge in [-0.25, -0.2) is 0 Å². The predicted octanol–water partition coefficient (Wildman–Crippen LogP) is 10.5. The number of benzene rings is 3. The number of aryl methyl sites for hydroxylation is 3. The molecular weight excluding hydrogens is 528 g/mol. The smallest absolute Gasteiger partial charge is 0.123 e. The monoisotopic (exact) mass is 586 g/mol. The van der Waals surface area contributed by atoms with Crippen molar-refractivity contribution < 1.29 is 15.3 Å². The molecule has 0 aliphatic carbocycles. The summed E-state index contributed by atoms with van der Waals surface area (Å²) in [5.41, 5.74) is 8.22. The van der Waals surface area contributed by atoms with Gasteiger partial charge in [-0.05, 0) is 111 Å². The van der Waals surface area contributed by atoms with Crippen molar-refractivity contribution in [2.45, 2.75) is 144 Å². The Balaban J connectivity index is 2.35. The zero-order valence-corrected chi connectivity index (χ0v) is 29.7. The lowest BCUT2D eigenvalue weighted by Gasteiger charge is -2.37. The minimum absolute atomic E-state index is 0.201. The van der Waals surface area contributed by atoms with E-state index < -0.39 is 5.41 Å². The fourth-order valence-corrected chi connectivity index (χ4v) is 6.57. The van der Waals surface area contributed by atoms with Crippen molar-refractivity contribution in [3.63, 3.8) is 0 Å². The molecule has 0 heterocycles. The highest BCUT2D eigenvalue weighted by Gasteiger charge is 2.36. The second-order valence-corrected chi connectivity index (χ2v) is 17.2. The summed E-state index contributed by atoms with van der Waals surface area (Å²) >= 11 is 0. The van der Waals surface area contributed by atoms with Crippen LogP contribution in [0, 0.1) is 13.8 Å². The maximum atomic E-state index is 11.4. The molecular formula is C40H58O3.